The molecule has 1 aliphatic rings. The molecule has 1 heterocycles. The maximum atomic E-state index is 11.1. The van der Waals surface area contributed by atoms with Gasteiger partial charge in [0.2, 0.25) is 0 Å². The zero-order valence-electron chi connectivity index (χ0n) is 10.5. The van der Waals surface area contributed by atoms with Crippen molar-refractivity contribution in [3.8, 4) is 0 Å². The fraction of sp³-hybridized carbons (Fsp3) is 0.833. The molecule has 0 bridgehead atoms. The van der Waals surface area contributed by atoms with Gasteiger partial charge >= 0.3 is 11.9 Å². The zero-order chi connectivity index (χ0) is 13.5. The fourth-order valence-electron chi connectivity index (χ4n) is 1.96. The third-order valence-corrected chi connectivity index (χ3v) is 2.76. The van der Waals surface area contributed by atoms with Crippen molar-refractivity contribution >= 4 is 11.9 Å². The van der Waals surface area contributed by atoms with E-state index in [1.807, 2.05) is 0 Å². The maximum absolute atomic E-state index is 11.1. The molecule has 0 spiro atoms. The normalized spacial score (nSPS) is 25.4. The van der Waals surface area contributed by atoms with Crippen LogP contribution < -0.4 is 0 Å². The first-order chi connectivity index (χ1) is 8.47. The van der Waals surface area contributed by atoms with Crippen molar-refractivity contribution in [3.63, 3.8) is 0 Å². The molecular weight excluding hydrogens is 240 g/mol. The lowest BCUT2D eigenvalue weighted by Crippen LogP contribution is -2.34. The third-order valence-electron chi connectivity index (χ3n) is 2.76. The van der Waals surface area contributed by atoms with Gasteiger partial charge in [-0.1, -0.05) is 0 Å². The molecule has 0 radical (unpaired) electrons. The average molecular weight is 260 g/mol. The summed E-state index contributed by atoms with van der Waals surface area (Å²) >= 11 is 0. The van der Waals surface area contributed by atoms with E-state index >= 15 is 0 Å². The quantitative estimate of drug-likeness (QED) is 0.521. The summed E-state index contributed by atoms with van der Waals surface area (Å²) < 4.78 is 9.77. The van der Waals surface area contributed by atoms with Crippen LogP contribution in [-0.4, -0.2) is 47.1 Å². The summed E-state index contributed by atoms with van der Waals surface area (Å²) in [5.41, 5.74) is 0. The first-order valence-electron chi connectivity index (χ1n) is 6.16. The van der Waals surface area contributed by atoms with Gasteiger partial charge in [0.1, 0.15) is 6.10 Å². The number of rotatable bonds is 6. The van der Waals surface area contributed by atoms with E-state index in [0.29, 0.717) is 25.7 Å². The topological polar surface area (TPSA) is 93.1 Å². The van der Waals surface area contributed by atoms with Gasteiger partial charge in [0, 0.05) is 19.8 Å². The molecule has 0 amide bonds. The minimum Gasteiger partial charge on any atom is -0.466 e. The number of esters is 2. The molecule has 2 N–H and O–H groups in total. The lowest BCUT2D eigenvalue weighted by Gasteiger charge is -2.27. The van der Waals surface area contributed by atoms with E-state index in [1.54, 1.807) is 0 Å². The summed E-state index contributed by atoms with van der Waals surface area (Å²) in [4.78, 5) is 21.6. The molecule has 1 rings (SSSR count). The van der Waals surface area contributed by atoms with Gasteiger partial charge in [-0.05, 0) is 12.8 Å². The molecule has 0 aromatic carbocycles. The molecule has 0 unspecified atom stereocenters. The summed E-state index contributed by atoms with van der Waals surface area (Å²) in [6.07, 6.45) is 0.00825. The van der Waals surface area contributed by atoms with E-state index in [4.69, 9.17) is 9.47 Å². The Balaban J connectivity index is 2.17. The smallest absolute Gasteiger partial charge is 0.308 e. The van der Waals surface area contributed by atoms with Crippen LogP contribution in [0.4, 0.5) is 0 Å². The summed E-state index contributed by atoms with van der Waals surface area (Å²) in [6.45, 7) is 1.61. The summed E-state index contributed by atoms with van der Waals surface area (Å²) in [7, 11) is 0. The predicted molar refractivity (Wildman–Crippen MR) is 61.6 cm³/mol. The van der Waals surface area contributed by atoms with Crippen LogP contribution in [-0.2, 0) is 19.1 Å². The molecule has 0 saturated carbocycles. The molecule has 1 fully saturated rings. The number of hydrogen-bond donors (Lipinski definition) is 2. The molecular formula is C12H20O6. The van der Waals surface area contributed by atoms with Crippen molar-refractivity contribution < 1.29 is 29.3 Å². The van der Waals surface area contributed by atoms with Crippen LogP contribution >= 0.6 is 0 Å². The van der Waals surface area contributed by atoms with Gasteiger partial charge in [-0.15, -0.1) is 0 Å². The van der Waals surface area contributed by atoms with Crippen LogP contribution in [0.15, 0.2) is 0 Å². The number of ether oxygens (including phenoxy) is 2. The van der Waals surface area contributed by atoms with Crippen LogP contribution in [0.2, 0.25) is 0 Å². The van der Waals surface area contributed by atoms with Gasteiger partial charge in [-0.25, -0.2) is 0 Å². The standard InChI is InChI=1S/C12H20O6/c1-8(13)17-4-2-3-9(14)5-11-6-10(15)7-12(16)18-11/h9-11,14-15H,2-7H2,1H3/t9-,10-,11-/m1/s1. The fourth-order valence-corrected chi connectivity index (χ4v) is 1.96. The van der Waals surface area contributed by atoms with Crippen LogP contribution in [0.3, 0.4) is 0 Å². The van der Waals surface area contributed by atoms with Gasteiger partial charge in [-0.3, -0.25) is 9.59 Å². The first kappa shape index (κ1) is 14.9. The van der Waals surface area contributed by atoms with Gasteiger partial charge in [0.25, 0.3) is 0 Å². The van der Waals surface area contributed by atoms with E-state index in [-0.39, 0.29) is 19.0 Å². The van der Waals surface area contributed by atoms with Gasteiger partial charge in [-0.2, -0.15) is 0 Å². The minimum atomic E-state index is -0.676. The predicted octanol–water partition coefficient (Wildman–Crippen LogP) is 0.147. The van der Waals surface area contributed by atoms with E-state index in [2.05, 4.69) is 0 Å². The Morgan fingerprint density at radius 1 is 1.61 bits per heavy atom. The highest BCUT2D eigenvalue weighted by Gasteiger charge is 2.28. The Bertz CT molecular complexity index is 290. The van der Waals surface area contributed by atoms with Crippen LogP contribution in [0.1, 0.15) is 39.0 Å². The van der Waals surface area contributed by atoms with Gasteiger partial charge in [0.05, 0.1) is 25.2 Å². The highest BCUT2D eigenvalue weighted by molar-refractivity contribution is 5.70. The molecule has 0 aromatic heterocycles. The second-order valence-electron chi connectivity index (χ2n) is 4.58. The van der Waals surface area contributed by atoms with Crippen LogP contribution in [0, 0.1) is 0 Å². The Kier molecular flexibility index (Phi) is 6.07. The number of aliphatic hydroxyl groups is 2. The summed E-state index contributed by atoms with van der Waals surface area (Å²) in [6, 6.07) is 0. The molecule has 1 aliphatic heterocycles. The molecule has 6 heteroatoms. The molecule has 0 aromatic rings. The number of carbonyl (C=O) groups is 2. The van der Waals surface area contributed by atoms with Gasteiger partial charge in [0.15, 0.2) is 0 Å². The van der Waals surface area contributed by atoms with Gasteiger partial charge < -0.3 is 19.7 Å². The first-order valence-corrected chi connectivity index (χ1v) is 6.16. The van der Waals surface area contributed by atoms with Crippen molar-refractivity contribution in [3.05, 3.63) is 0 Å². The van der Waals surface area contributed by atoms with Crippen molar-refractivity contribution in [1.29, 1.82) is 0 Å². The van der Waals surface area contributed by atoms with E-state index < -0.39 is 24.3 Å². The van der Waals surface area contributed by atoms with Crippen LogP contribution in [0.5, 0.6) is 0 Å². The van der Waals surface area contributed by atoms with Crippen LogP contribution in [0.25, 0.3) is 0 Å². The van der Waals surface area contributed by atoms with Crippen molar-refractivity contribution in [2.45, 2.75) is 57.3 Å². The second-order valence-corrected chi connectivity index (χ2v) is 4.58. The Morgan fingerprint density at radius 2 is 2.33 bits per heavy atom. The van der Waals surface area contributed by atoms with E-state index in [0.717, 1.165) is 0 Å². The Hall–Kier alpha value is -1.14. The highest BCUT2D eigenvalue weighted by atomic mass is 16.5. The lowest BCUT2D eigenvalue weighted by molar-refractivity contribution is -0.162. The largest absolute Gasteiger partial charge is 0.466 e. The monoisotopic (exact) mass is 260 g/mol. The molecule has 18 heavy (non-hydrogen) atoms. The maximum Gasteiger partial charge on any atom is 0.308 e. The number of hydrogen-bond acceptors (Lipinski definition) is 6. The second kappa shape index (κ2) is 7.33. The highest BCUT2D eigenvalue weighted by Crippen LogP contribution is 2.20. The Labute approximate surface area is 106 Å². The van der Waals surface area contributed by atoms with E-state index in [9.17, 15) is 19.8 Å². The van der Waals surface area contributed by atoms with Crippen molar-refractivity contribution in [1.82, 2.24) is 0 Å². The SMILES string of the molecule is CC(=O)OCCC[C@@H](O)C[C@@H]1C[C@@H](O)CC(=O)O1. The summed E-state index contributed by atoms with van der Waals surface area (Å²) in [5, 5.41) is 19.1. The Morgan fingerprint density at radius 3 is 2.94 bits per heavy atom. The van der Waals surface area contributed by atoms with Crippen molar-refractivity contribution in [2.75, 3.05) is 6.61 Å². The average Bonchev–Trinajstić information content (AvgIpc) is 2.22. The summed E-state index contributed by atoms with van der Waals surface area (Å²) in [5.74, 6) is -0.764. The number of aliphatic hydroxyl groups excluding tert-OH is 2. The lowest BCUT2D eigenvalue weighted by atomic mass is 9.99. The van der Waals surface area contributed by atoms with Crippen molar-refractivity contribution in [2.24, 2.45) is 0 Å². The number of cyclic esters (lactones) is 1. The molecule has 104 valence electrons. The molecule has 1 saturated heterocycles. The minimum absolute atomic E-state index is 0.0268. The third kappa shape index (κ3) is 5.97. The zero-order valence-corrected chi connectivity index (χ0v) is 10.5. The van der Waals surface area contributed by atoms with E-state index in [1.165, 1.54) is 6.92 Å². The molecule has 3 atom stereocenters. The molecule has 0 aliphatic carbocycles. The molecule has 6 nitrogen and oxygen atoms in total. The number of carbonyl (C=O) groups excluding carboxylic acids is 2.